The summed E-state index contributed by atoms with van der Waals surface area (Å²) >= 11 is 0. The molecular formula is C24H27N3O5. The molecule has 0 saturated carbocycles. The zero-order valence-corrected chi connectivity index (χ0v) is 17.8. The molecule has 0 radical (unpaired) electrons. The van der Waals surface area contributed by atoms with Crippen molar-refractivity contribution in [3.05, 3.63) is 71.8 Å². The van der Waals surface area contributed by atoms with E-state index in [-0.39, 0.29) is 13.0 Å². The van der Waals surface area contributed by atoms with Crippen LogP contribution in [0.3, 0.4) is 0 Å². The number of carbonyl (C=O) groups is 2. The first-order chi connectivity index (χ1) is 15.7. The summed E-state index contributed by atoms with van der Waals surface area (Å²) in [6, 6.07) is 20.0. The van der Waals surface area contributed by atoms with Gasteiger partial charge in [0.2, 0.25) is 0 Å². The minimum atomic E-state index is -1.07. The van der Waals surface area contributed by atoms with Gasteiger partial charge < -0.3 is 24.4 Å². The Morgan fingerprint density at radius 3 is 2.28 bits per heavy atom. The zero-order valence-electron chi connectivity index (χ0n) is 17.8. The van der Waals surface area contributed by atoms with Gasteiger partial charge in [0.1, 0.15) is 6.04 Å². The molecular weight excluding hydrogens is 410 g/mol. The maximum Gasteiger partial charge on any atom is 0.410 e. The summed E-state index contributed by atoms with van der Waals surface area (Å²) in [4.78, 5) is 27.0. The van der Waals surface area contributed by atoms with Crippen molar-refractivity contribution in [2.75, 3.05) is 32.9 Å². The Balaban J connectivity index is 1.59. The van der Waals surface area contributed by atoms with E-state index in [1.807, 2.05) is 66.7 Å². The second-order valence-corrected chi connectivity index (χ2v) is 7.35. The van der Waals surface area contributed by atoms with Gasteiger partial charge in [0.15, 0.2) is 6.10 Å². The third-order valence-electron chi connectivity index (χ3n) is 4.94. The van der Waals surface area contributed by atoms with Crippen LogP contribution in [0.1, 0.15) is 11.1 Å². The van der Waals surface area contributed by atoms with Gasteiger partial charge in [0.05, 0.1) is 32.5 Å². The fraction of sp³-hybridized carbons (Fsp3) is 0.375. The topological polar surface area (TPSA) is 101 Å². The summed E-state index contributed by atoms with van der Waals surface area (Å²) in [7, 11) is 0. The maximum atomic E-state index is 12.9. The van der Waals surface area contributed by atoms with E-state index in [0.717, 1.165) is 11.1 Å². The number of morpholine rings is 1. The quantitative estimate of drug-likeness (QED) is 0.646. The lowest BCUT2D eigenvalue weighted by atomic mass is 10.1. The van der Waals surface area contributed by atoms with Gasteiger partial charge in [0, 0.05) is 19.5 Å². The third-order valence-corrected chi connectivity index (χ3v) is 4.94. The van der Waals surface area contributed by atoms with Crippen LogP contribution in [-0.4, -0.2) is 62.0 Å². The van der Waals surface area contributed by atoms with Gasteiger partial charge in [-0.15, -0.1) is 0 Å². The Morgan fingerprint density at radius 2 is 1.66 bits per heavy atom. The summed E-state index contributed by atoms with van der Waals surface area (Å²) in [5.41, 5.74) is 1.81. The molecule has 1 saturated heterocycles. The Bertz CT molecular complexity index is 895. The minimum Gasteiger partial charge on any atom is -0.436 e. The summed E-state index contributed by atoms with van der Waals surface area (Å²) in [6.45, 7) is 2.03. The lowest BCUT2D eigenvalue weighted by Gasteiger charge is -2.28. The molecule has 2 aromatic rings. The molecule has 0 bridgehead atoms. The molecule has 0 aromatic heterocycles. The molecule has 1 aliphatic heterocycles. The number of benzene rings is 2. The highest BCUT2D eigenvalue weighted by molar-refractivity contribution is 5.84. The minimum absolute atomic E-state index is 0.0204. The van der Waals surface area contributed by atoms with Crippen LogP contribution < -0.4 is 5.32 Å². The Labute approximate surface area is 187 Å². The summed E-state index contributed by atoms with van der Waals surface area (Å²) in [5.74, 6) is -0.537. The average Bonchev–Trinajstić information content (AvgIpc) is 2.84. The van der Waals surface area contributed by atoms with Crippen molar-refractivity contribution in [3.8, 4) is 6.07 Å². The number of nitrogens with one attached hydrogen (secondary N) is 1. The SMILES string of the molecule is N#C[C@H](COCc1ccccc1)NC(=O)[C@H](Cc1ccccc1)OC(=O)N1CCOCC1. The van der Waals surface area contributed by atoms with Crippen LogP contribution in [0.5, 0.6) is 0 Å². The van der Waals surface area contributed by atoms with Gasteiger partial charge in [-0.2, -0.15) is 5.26 Å². The van der Waals surface area contributed by atoms with Gasteiger partial charge in [-0.1, -0.05) is 60.7 Å². The Kier molecular flexibility index (Phi) is 9.05. The van der Waals surface area contributed by atoms with Crippen molar-refractivity contribution in [2.45, 2.75) is 25.2 Å². The molecule has 2 amide bonds. The zero-order chi connectivity index (χ0) is 22.6. The van der Waals surface area contributed by atoms with E-state index >= 15 is 0 Å². The molecule has 1 heterocycles. The van der Waals surface area contributed by atoms with E-state index in [2.05, 4.69) is 5.32 Å². The molecule has 1 fully saturated rings. The molecule has 2 aromatic carbocycles. The first-order valence-electron chi connectivity index (χ1n) is 10.5. The van der Waals surface area contributed by atoms with Crippen LogP contribution in [0.25, 0.3) is 0 Å². The number of amides is 2. The van der Waals surface area contributed by atoms with Crippen LogP contribution in [0, 0.1) is 11.3 Å². The predicted octanol–water partition coefficient (Wildman–Crippen LogP) is 2.29. The highest BCUT2D eigenvalue weighted by atomic mass is 16.6. The summed E-state index contributed by atoms with van der Waals surface area (Å²) < 4.78 is 16.4. The van der Waals surface area contributed by atoms with Gasteiger partial charge in [-0.3, -0.25) is 4.79 Å². The molecule has 32 heavy (non-hydrogen) atoms. The second kappa shape index (κ2) is 12.4. The molecule has 8 heteroatoms. The average molecular weight is 437 g/mol. The molecule has 1 aliphatic rings. The standard InChI is InChI=1S/C24H27N3O5/c25-16-21(18-31-17-20-9-5-2-6-10-20)26-23(28)22(15-19-7-3-1-4-8-19)32-24(29)27-11-13-30-14-12-27/h1-10,21-22H,11-15,17-18H2,(H,26,28)/t21-,22+/m1/s1. The highest BCUT2D eigenvalue weighted by Gasteiger charge is 2.28. The first kappa shape index (κ1) is 23.3. The van der Waals surface area contributed by atoms with Crippen LogP contribution in [0.4, 0.5) is 4.79 Å². The molecule has 8 nitrogen and oxygen atoms in total. The Morgan fingerprint density at radius 1 is 1.03 bits per heavy atom. The molecule has 2 atom stereocenters. The third kappa shape index (κ3) is 7.38. The molecule has 1 N–H and O–H groups in total. The van der Waals surface area contributed by atoms with Crippen LogP contribution in [-0.2, 0) is 32.0 Å². The second-order valence-electron chi connectivity index (χ2n) is 7.35. The lowest BCUT2D eigenvalue weighted by molar-refractivity contribution is -0.131. The van der Waals surface area contributed by atoms with Crippen molar-refractivity contribution in [1.29, 1.82) is 5.26 Å². The van der Waals surface area contributed by atoms with Crippen LogP contribution >= 0.6 is 0 Å². The Hall–Kier alpha value is -3.41. The number of hydrogen-bond donors (Lipinski definition) is 1. The fourth-order valence-corrected chi connectivity index (χ4v) is 3.20. The predicted molar refractivity (Wildman–Crippen MR) is 116 cm³/mol. The van der Waals surface area contributed by atoms with E-state index < -0.39 is 24.1 Å². The van der Waals surface area contributed by atoms with E-state index in [4.69, 9.17) is 14.2 Å². The molecule has 0 aliphatic carbocycles. The van der Waals surface area contributed by atoms with Gasteiger partial charge in [-0.25, -0.2) is 4.79 Å². The largest absolute Gasteiger partial charge is 0.436 e. The number of carbonyl (C=O) groups excluding carboxylic acids is 2. The molecule has 168 valence electrons. The van der Waals surface area contributed by atoms with Crippen LogP contribution in [0.2, 0.25) is 0 Å². The van der Waals surface area contributed by atoms with Crippen molar-refractivity contribution in [3.63, 3.8) is 0 Å². The number of rotatable bonds is 9. The van der Waals surface area contributed by atoms with Crippen molar-refractivity contribution >= 4 is 12.0 Å². The number of nitrogens with zero attached hydrogens (tertiary/aromatic N) is 2. The number of hydrogen-bond acceptors (Lipinski definition) is 6. The number of ether oxygens (including phenoxy) is 3. The first-order valence-corrected chi connectivity index (χ1v) is 10.5. The smallest absolute Gasteiger partial charge is 0.410 e. The van der Waals surface area contributed by atoms with Crippen LogP contribution in [0.15, 0.2) is 60.7 Å². The van der Waals surface area contributed by atoms with Gasteiger partial charge in [0.25, 0.3) is 5.91 Å². The van der Waals surface area contributed by atoms with Crippen molar-refractivity contribution in [1.82, 2.24) is 10.2 Å². The lowest BCUT2D eigenvalue weighted by Crippen LogP contribution is -2.48. The normalized spacial score (nSPS) is 15.3. The molecule has 0 spiro atoms. The van der Waals surface area contributed by atoms with Crippen molar-refractivity contribution < 1.29 is 23.8 Å². The van der Waals surface area contributed by atoms with E-state index in [0.29, 0.717) is 32.9 Å². The monoisotopic (exact) mass is 437 g/mol. The van der Waals surface area contributed by atoms with E-state index in [1.54, 1.807) is 0 Å². The summed E-state index contributed by atoms with van der Waals surface area (Å²) in [6.07, 6.45) is -1.44. The highest BCUT2D eigenvalue weighted by Crippen LogP contribution is 2.10. The maximum absolute atomic E-state index is 12.9. The van der Waals surface area contributed by atoms with E-state index in [9.17, 15) is 14.9 Å². The van der Waals surface area contributed by atoms with Gasteiger partial charge >= 0.3 is 6.09 Å². The number of nitriles is 1. The van der Waals surface area contributed by atoms with Gasteiger partial charge in [-0.05, 0) is 11.1 Å². The molecule has 0 unspecified atom stereocenters. The fourth-order valence-electron chi connectivity index (χ4n) is 3.20. The summed E-state index contributed by atoms with van der Waals surface area (Å²) in [5, 5.41) is 12.1. The van der Waals surface area contributed by atoms with Crippen molar-refractivity contribution in [2.24, 2.45) is 0 Å². The van der Waals surface area contributed by atoms with E-state index in [1.165, 1.54) is 4.90 Å². The molecule has 3 rings (SSSR count).